The van der Waals surface area contributed by atoms with E-state index in [1.807, 2.05) is 19.1 Å². The second-order valence-corrected chi connectivity index (χ2v) is 6.06. The Labute approximate surface area is 154 Å². The number of hydrogen-bond donors (Lipinski definition) is 2. The highest BCUT2D eigenvalue weighted by molar-refractivity contribution is 6.10. The first-order valence-corrected chi connectivity index (χ1v) is 8.18. The lowest BCUT2D eigenvalue weighted by atomic mass is 10.1. The molecule has 0 spiro atoms. The van der Waals surface area contributed by atoms with Crippen LogP contribution in [0.1, 0.15) is 15.9 Å². The summed E-state index contributed by atoms with van der Waals surface area (Å²) in [6.45, 7) is 1.89. The summed E-state index contributed by atoms with van der Waals surface area (Å²) in [4.78, 5) is 24.0. The average Bonchev–Trinajstić information content (AvgIpc) is 2.78. The molecule has 7 nitrogen and oxygen atoms in total. The van der Waals surface area contributed by atoms with Crippen LogP contribution in [0.4, 0.5) is 11.4 Å². The molecule has 1 aliphatic rings. The SMILES string of the molecule is Cc1ccc2c(c1)Oc1cc([N+](=O)O)cc(Oc3ccccc3)c1C(=O)N2. The standard InChI is InChI=1S/C20H14N2O5/c1-12-7-8-15-16(9-12)27-18-11-13(22(24)25)10-17(19(18)20(23)21-15)26-14-5-3-2-4-6-14/h2-11H,1H3,(H-,21,23,24,25)/p+1. The van der Waals surface area contributed by atoms with Crippen molar-refractivity contribution in [2.24, 2.45) is 0 Å². The topological polar surface area (TPSA) is 87.9 Å². The van der Waals surface area contributed by atoms with Crippen LogP contribution in [0.3, 0.4) is 0 Å². The van der Waals surface area contributed by atoms with Crippen molar-refractivity contribution in [3.05, 3.63) is 76.7 Å². The van der Waals surface area contributed by atoms with Crippen LogP contribution in [0.25, 0.3) is 0 Å². The molecule has 4 rings (SSSR count). The maximum absolute atomic E-state index is 12.8. The smallest absolute Gasteiger partial charge is 0.324 e. The van der Waals surface area contributed by atoms with Gasteiger partial charge in [0.2, 0.25) is 0 Å². The van der Waals surface area contributed by atoms with Crippen molar-refractivity contribution < 1.29 is 24.4 Å². The number of para-hydroxylation sites is 1. The molecule has 0 fully saturated rings. The number of amides is 1. The van der Waals surface area contributed by atoms with Crippen LogP contribution in [0, 0.1) is 11.8 Å². The van der Waals surface area contributed by atoms with Gasteiger partial charge in [-0.15, -0.1) is 0 Å². The molecule has 27 heavy (non-hydrogen) atoms. The number of nitrogens with one attached hydrogen (secondary N) is 1. The van der Waals surface area contributed by atoms with Gasteiger partial charge in [0.25, 0.3) is 10.8 Å². The molecule has 1 aliphatic heterocycles. The quantitative estimate of drug-likeness (QED) is 0.643. The number of rotatable bonds is 3. The number of hydrogen-bond acceptors (Lipinski definition) is 4. The third-order valence-electron chi connectivity index (χ3n) is 4.07. The zero-order valence-corrected chi connectivity index (χ0v) is 14.3. The summed E-state index contributed by atoms with van der Waals surface area (Å²) < 4.78 is 11.7. The lowest BCUT2D eigenvalue weighted by Crippen LogP contribution is -2.12. The van der Waals surface area contributed by atoms with Gasteiger partial charge >= 0.3 is 5.69 Å². The largest absolute Gasteiger partial charge is 0.456 e. The first-order valence-electron chi connectivity index (χ1n) is 8.18. The average molecular weight is 363 g/mol. The maximum atomic E-state index is 12.8. The zero-order valence-electron chi connectivity index (χ0n) is 14.3. The zero-order chi connectivity index (χ0) is 19.0. The minimum absolute atomic E-state index is 0.0885. The summed E-state index contributed by atoms with van der Waals surface area (Å²) in [7, 11) is 0. The summed E-state index contributed by atoms with van der Waals surface area (Å²) >= 11 is 0. The van der Waals surface area contributed by atoms with E-state index in [1.165, 1.54) is 12.1 Å². The van der Waals surface area contributed by atoms with Crippen molar-refractivity contribution in [2.45, 2.75) is 6.92 Å². The van der Waals surface area contributed by atoms with Crippen LogP contribution >= 0.6 is 0 Å². The number of anilines is 1. The van der Waals surface area contributed by atoms with E-state index in [9.17, 15) is 14.9 Å². The molecule has 0 atom stereocenters. The molecule has 0 radical (unpaired) electrons. The number of nitrogens with zero attached hydrogens (tertiary/aromatic N) is 1. The summed E-state index contributed by atoms with van der Waals surface area (Å²) in [5, 5.41) is 12.1. The Balaban J connectivity index is 1.88. The van der Waals surface area contributed by atoms with Crippen molar-refractivity contribution in [3.8, 4) is 23.0 Å². The summed E-state index contributed by atoms with van der Waals surface area (Å²) in [5.74, 6) is 0.652. The monoisotopic (exact) mass is 363 g/mol. The lowest BCUT2D eigenvalue weighted by Gasteiger charge is -2.12. The Hall–Kier alpha value is -3.87. The van der Waals surface area contributed by atoms with Gasteiger partial charge in [-0.3, -0.25) is 4.79 Å². The molecular weight excluding hydrogens is 348 g/mol. The van der Waals surface area contributed by atoms with Gasteiger partial charge in [0.15, 0.2) is 17.2 Å². The van der Waals surface area contributed by atoms with E-state index in [-0.39, 0.29) is 27.7 Å². The molecule has 0 saturated heterocycles. The third kappa shape index (κ3) is 3.18. The van der Waals surface area contributed by atoms with Crippen LogP contribution in [0.5, 0.6) is 23.0 Å². The van der Waals surface area contributed by atoms with Crippen molar-refractivity contribution >= 4 is 17.3 Å². The maximum Gasteiger partial charge on any atom is 0.324 e. The molecule has 3 aromatic carbocycles. The summed E-state index contributed by atoms with van der Waals surface area (Å²) in [6, 6.07) is 16.7. The molecule has 134 valence electrons. The molecule has 0 aliphatic carbocycles. The highest BCUT2D eigenvalue weighted by Crippen LogP contribution is 2.43. The Morgan fingerprint density at radius 3 is 2.56 bits per heavy atom. The number of benzene rings is 3. The van der Waals surface area contributed by atoms with E-state index < -0.39 is 5.91 Å². The van der Waals surface area contributed by atoms with Crippen molar-refractivity contribution in [3.63, 3.8) is 0 Å². The molecule has 7 heteroatoms. The Morgan fingerprint density at radius 2 is 1.81 bits per heavy atom. The normalized spacial score (nSPS) is 12.1. The van der Waals surface area contributed by atoms with Crippen LogP contribution in [-0.2, 0) is 0 Å². The highest BCUT2D eigenvalue weighted by atomic mass is 16.6. The van der Waals surface area contributed by atoms with E-state index in [1.54, 1.807) is 36.4 Å². The van der Waals surface area contributed by atoms with Gasteiger partial charge in [-0.05, 0) is 36.8 Å². The Kier molecular flexibility index (Phi) is 3.97. The molecule has 0 aromatic heterocycles. The van der Waals surface area contributed by atoms with E-state index in [4.69, 9.17) is 9.47 Å². The van der Waals surface area contributed by atoms with E-state index in [0.29, 0.717) is 17.2 Å². The number of aryl methyl sites for hydroxylation is 1. The van der Waals surface area contributed by atoms with Crippen LogP contribution in [0.2, 0.25) is 0 Å². The van der Waals surface area contributed by atoms with Gasteiger partial charge in [0, 0.05) is 0 Å². The molecule has 0 saturated carbocycles. The van der Waals surface area contributed by atoms with Gasteiger partial charge in [0.05, 0.1) is 22.7 Å². The molecule has 1 amide bonds. The number of fused-ring (bicyclic) bond motifs is 2. The molecule has 1 heterocycles. The van der Waals surface area contributed by atoms with Crippen molar-refractivity contribution in [2.75, 3.05) is 5.32 Å². The fourth-order valence-electron chi connectivity index (χ4n) is 2.81. The number of carbonyl (C=O) groups is 1. The predicted molar refractivity (Wildman–Crippen MR) is 97.2 cm³/mol. The summed E-state index contributed by atoms with van der Waals surface area (Å²) in [5.41, 5.74) is 1.44. The first-order chi connectivity index (χ1) is 13.0. The van der Waals surface area contributed by atoms with Crippen molar-refractivity contribution in [1.29, 1.82) is 0 Å². The minimum atomic E-state index is -0.444. The Morgan fingerprint density at radius 1 is 1.04 bits per heavy atom. The highest BCUT2D eigenvalue weighted by Gasteiger charge is 2.30. The van der Waals surface area contributed by atoms with Crippen molar-refractivity contribution in [1.82, 2.24) is 0 Å². The van der Waals surface area contributed by atoms with E-state index in [2.05, 4.69) is 5.32 Å². The van der Waals surface area contributed by atoms with E-state index in [0.717, 1.165) is 5.56 Å². The second-order valence-electron chi connectivity index (χ2n) is 6.06. The number of ether oxygens (including phenoxy) is 2. The fourth-order valence-corrected chi connectivity index (χ4v) is 2.81. The molecule has 2 N–H and O–H groups in total. The van der Waals surface area contributed by atoms with Gasteiger partial charge < -0.3 is 14.8 Å². The van der Waals surface area contributed by atoms with Gasteiger partial charge in [-0.25, -0.2) is 5.21 Å². The molecule has 0 unspecified atom stereocenters. The first kappa shape index (κ1) is 16.6. The third-order valence-corrected chi connectivity index (χ3v) is 4.07. The minimum Gasteiger partial charge on any atom is -0.456 e. The van der Waals surface area contributed by atoms with Crippen LogP contribution in [0.15, 0.2) is 60.7 Å². The van der Waals surface area contributed by atoms with Gasteiger partial charge in [-0.1, -0.05) is 24.3 Å². The van der Waals surface area contributed by atoms with Gasteiger partial charge in [-0.2, -0.15) is 0 Å². The molecule has 0 bridgehead atoms. The van der Waals surface area contributed by atoms with Crippen LogP contribution < -0.4 is 14.8 Å². The lowest BCUT2D eigenvalue weighted by molar-refractivity contribution is -0.729. The molecule has 3 aromatic rings. The predicted octanol–water partition coefficient (Wildman–Crippen LogP) is 4.94. The van der Waals surface area contributed by atoms with E-state index >= 15 is 0 Å². The summed E-state index contributed by atoms with van der Waals surface area (Å²) in [6.07, 6.45) is 0. The van der Waals surface area contributed by atoms with Crippen LogP contribution in [-0.4, -0.2) is 16.0 Å². The fraction of sp³-hybridized carbons (Fsp3) is 0.0500. The molecular formula is C20H15N2O5+. The van der Waals surface area contributed by atoms with Gasteiger partial charge in [0.1, 0.15) is 11.3 Å². The second kappa shape index (κ2) is 6.45. The number of carbonyl (C=O) groups excluding carboxylic acids is 1. The Bertz CT molecular complexity index is 1060.